The van der Waals surface area contributed by atoms with Crippen molar-refractivity contribution in [2.75, 3.05) is 5.32 Å². The molecule has 0 aliphatic heterocycles. The second-order valence-corrected chi connectivity index (χ2v) is 9.93. The molecule has 0 atom stereocenters. The van der Waals surface area contributed by atoms with Crippen molar-refractivity contribution in [3.63, 3.8) is 0 Å². The molecule has 0 radical (unpaired) electrons. The molecule has 35 heavy (non-hydrogen) atoms. The van der Waals surface area contributed by atoms with Gasteiger partial charge in [0.2, 0.25) is 5.91 Å². The monoisotopic (exact) mass is 512 g/mol. The van der Waals surface area contributed by atoms with E-state index in [1.165, 1.54) is 0 Å². The van der Waals surface area contributed by atoms with Gasteiger partial charge in [0.1, 0.15) is 16.2 Å². The molecule has 0 unspecified atom stereocenters. The van der Waals surface area contributed by atoms with Gasteiger partial charge in [-0.2, -0.15) is 0 Å². The molecule has 0 bridgehead atoms. The molecule has 0 saturated carbocycles. The zero-order valence-corrected chi connectivity index (χ0v) is 20.9. The number of aromatic nitrogens is 2. The molecule has 3 aromatic carbocycles. The average molecular weight is 513 g/mol. The van der Waals surface area contributed by atoms with Crippen molar-refractivity contribution in [3.05, 3.63) is 102 Å². The quantitative estimate of drug-likeness (QED) is 0.198. The number of benzene rings is 3. The first kappa shape index (κ1) is 23.2. The molecule has 0 spiro atoms. The number of anilines is 1. The number of nitrogens with one attached hydrogen (secondary N) is 2. The van der Waals surface area contributed by atoms with Crippen molar-refractivity contribution in [1.29, 1.82) is 0 Å². The summed E-state index contributed by atoms with van der Waals surface area (Å²) in [5, 5.41) is 10.2. The molecule has 5 nitrogen and oxygen atoms in total. The van der Waals surface area contributed by atoms with Gasteiger partial charge in [-0.25, -0.2) is 9.97 Å². The third kappa shape index (κ3) is 5.57. The van der Waals surface area contributed by atoms with Crippen molar-refractivity contribution in [1.82, 2.24) is 15.3 Å². The van der Waals surface area contributed by atoms with E-state index in [0.717, 1.165) is 42.5 Å². The Bertz CT molecular complexity index is 1490. The van der Waals surface area contributed by atoms with Crippen molar-refractivity contribution in [2.24, 2.45) is 0 Å². The lowest BCUT2D eigenvalue weighted by atomic mass is 10.1. The molecule has 172 valence electrons. The zero-order chi connectivity index (χ0) is 24.0. The second-order valence-electron chi connectivity index (χ2n) is 7.64. The van der Waals surface area contributed by atoms with Gasteiger partial charge in [0.25, 0.3) is 0 Å². The second kappa shape index (κ2) is 10.8. The summed E-state index contributed by atoms with van der Waals surface area (Å²) in [6.45, 7) is 0. The molecule has 2 heterocycles. The maximum Gasteiger partial charge on any atom is 0.230 e. The lowest BCUT2D eigenvalue weighted by Crippen LogP contribution is -2.35. The molecular formula is C27H20N4OS3. The molecule has 0 fully saturated rings. The van der Waals surface area contributed by atoms with E-state index in [4.69, 9.17) is 12.2 Å². The predicted octanol–water partition coefficient (Wildman–Crippen LogP) is 6.57. The summed E-state index contributed by atoms with van der Waals surface area (Å²) in [4.78, 5) is 23.4. The summed E-state index contributed by atoms with van der Waals surface area (Å²) in [7, 11) is 0. The van der Waals surface area contributed by atoms with Gasteiger partial charge in [-0.3, -0.25) is 4.79 Å². The maximum atomic E-state index is 12.4. The van der Waals surface area contributed by atoms with Crippen LogP contribution in [0.3, 0.4) is 0 Å². The molecule has 5 aromatic rings. The van der Waals surface area contributed by atoms with Crippen LogP contribution in [-0.4, -0.2) is 21.0 Å². The van der Waals surface area contributed by atoms with E-state index in [0.29, 0.717) is 0 Å². The van der Waals surface area contributed by atoms with E-state index < -0.39 is 0 Å². The van der Waals surface area contributed by atoms with E-state index in [1.54, 1.807) is 29.4 Å². The van der Waals surface area contributed by atoms with Crippen LogP contribution in [0.4, 0.5) is 5.69 Å². The van der Waals surface area contributed by atoms with Crippen molar-refractivity contribution >= 4 is 62.2 Å². The third-order valence-electron chi connectivity index (χ3n) is 5.22. The molecule has 2 aromatic heterocycles. The number of fused-ring (bicyclic) bond motifs is 1. The Labute approximate surface area is 216 Å². The normalized spacial score (nSPS) is 10.7. The Balaban J connectivity index is 1.36. The van der Waals surface area contributed by atoms with Gasteiger partial charge in [0.05, 0.1) is 17.5 Å². The molecule has 0 saturated heterocycles. The molecular weight excluding hydrogens is 493 g/mol. The molecule has 5 rings (SSSR count). The summed E-state index contributed by atoms with van der Waals surface area (Å²) < 4.78 is 0. The summed E-state index contributed by atoms with van der Waals surface area (Å²) in [6.07, 6.45) is 1.86. The van der Waals surface area contributed by atoms with Crippen molar-refractivity contribution in [3.8, 4) is 11.1 Å². The molecule has 2 N–H and O–H groups in total. The Morgan fingerprint density at radius 2 is 1.63 bits per heavy atom. The van der Waals surface area contributed by atoms with Crippen LogP contribution >= 0.6 is 35.3 Å². The average Bonchev–Trinajstić information content (AvgIpc) is 3.31. The third-order valence-corrected chi connectivity index (χ3v) is 7.39. The minimum atomic E-state index is -0.165. The maximum absolute atomic E-state index is 12.4. The highest BCUT2D eigenvalue weighted by atomic mass is 32.2. The number of hydrogen-bond donors (Lipinski definition) is 2. The highest BCUT2D eigenvalue weighted by Gasteiger charge is 2.16. The van der Waals surface area contributed by atoms with E-state index >= 15 is 0 Å². The van der Waals surface area contributed by atoms with Gasteiger partial charge in [0.15, 0.2) is 5.11 Å². The predicted molar refractivity (Wildman–Crippen MR) is 148 cm³/mol. The Hall–Kier alpha value is -3.59. The van der Waals surface area contributed by atoms with E-state index in [1.807, 2.05) is 72.8 Å². The highest BCUT2D eigenvalue weighted by molar-refractivity contribution is 7.99. The Morgan fingerprint density at radius 1 is 0.914 bits per heavy atom. The zero-order valence-electron chi connectivity index (χ0n) is 18.5. The summed E-state index contributed by atoms with van der Waals surface area (Å²) in [5.74, 6) is -0.165. The van der Waals surface area contributed by atoms with E-state index in [-0.39, 0.29) is 17.4 Å². The topological polar surface area (TPSA) is 66.9 Å². The van der Waals surface area contributed by atoms with Crippen LogP contribution in [0, 0.1) is 0 Å². The van der Waals surface area contributed by atoms with Crippen molar-refractivity contribution < 1.29 is 4.79 Å². The smallest absolute Gasteiger partial charge is 0.230 e. The van der Waals surface area contributed by atoms with Crippen LogP contribution in [0.15, 0.2) is 107 Å². The summed E-state index contributed by atoms with van der Waals surface area (Å²) in [5.41, 5.74) is 3.97. The number of thiophene rings is 1. The van der Waals surface area contributed by atoms with Crippen LogP contribution in [-0.2, 0) is 11.2 Å². The van der Waals surface area contributed by atoms with Crippen LogP contribution in [0.5, 0.6) is 0 Å². The fourth-order valence-electron chi connectivity index (χ4n) is 3.62. The molecule has 1 amide bonds. The number of para-hydroxylation sites is 1. The first-order valence-corrected chi connectivity index (χ1v) is 13.0. The number of hydrogen-bond acceptors (Lipinski definition) is 6. The number of carbonyl (C=O) groups is 1. The first-order valence-electron chi connectivity index (χ1n) is 10.9. The SMILES string of the molecule is O=C(Cc1ccccc1)NC(=S)Nc1ccccc1Sc1ncnc2scc(-c3ccccc3)c12. The lowest BCUT2D eigenvalue weighted by Gasteiger charge is -2.13. The van der Waals surface area contributed by atoms with Crippen LogP contribution < -0.4 is 10.6 Å². The standard InChI is InChI=1S/C27H20N4OS3/c32-23(15-18-9-3-1-4-10-18)31-27(33)30-21-13-7-8-14-22(21)35-26-24-20(19-11-5-2-6-12-19)16-34-25(24)28-17-29-26/h1-14,16-17H,15H2,(H2,30,31,32,33). The van der Waals surface area contributed by atoms with Gasteiger partial charge >= 0.3 is 0 Å². The number of amides is 1. The van der Waals surface area contributed by atoms with E-state index in [2.05, 4.69) is 38.1 Å². The summed E-state index contributed by atoms with van der Waals surface area (Å²) in [6, 6.07) is 27.7. The minimum absolute atomic E-state index is 0.165. The Kier molecular flexibility index (Phi) is 7.13. The van der Waals surface area contributed by atoms with E-state index in [9.17, 15) is 4.79 Å². The van der Waals surface area contributed by atoms with Gasteiger partial charge in [-0.15, -0.1) is 11.3 Å². The first-order chi connectivity index (χ1) is 17.2. The largest absolute Gasteiger partial charge is 0.331 e. The van der Waals surface area contributed by atoms with Crippen LogP contribution in [0.25, 0.3) is 21.3 Å². The van der Waals surface area contributed by atoms with Gasteiger partial charge in [0, 0.05) is 15.8 Å². The minimum Gasteiger partial charge on any atom is -0.331 e. The summed E-state index contributed by atoms with van der Waals surface area (Å²) >= 11 is 8.57. The van der Waals surface area contributed by atoms with Gasteiger partial charge in [-0.1, -0.05) is 84.6 Å². The number of carbonyl (C=O) groups excluding carboxylic acids is 1. The van der Waals surface area contributed by atoms with Crippen LogP contribution in [0.1, 0.15) is 5.56 Å². The molecule has 8 heteroatoms. The molecule has 0 aliphatic carbocycles. The van der Waals surface area contributed by atoms with Crippen LogP contribution in [0.2, 0.25) is 0 Å². The van der Waals surface area contributed by atoms with Gasteiger partial charge < -0.3 is 10.6 Å². The number of rotatable bonds is 6. The number of nitrogens with zero attached hydrogens (tertiary/aromatic N) is 2. The number of thiocarbonyl (C=S) groups is 1. The molecule has 0 aliphatic rings. The Morgan fingerprint density at radius 3 is 2.43 bits per heavy atom. The fourth-order valence-corrected chi connectivity index (χ4v) is 5.82. The fraction of sp³-hybridized carbons (Fsp3) is 0.0370. The van der Waals surface area contributed by atoms with Gasteiger partial charge in [-0.05, 0) is 35.5 Å². The lowest BCUT2D eigenvalue weighted by molar-refractivity contribution is -0.119. The highest BCUT2D eigenvalue weighted by Crippen LogP contribution is 2.41. The van der Waals surface area contributed by atoms with Crippen molar-refractivity contribution in [2.45, 2.75) is 16.3 Å².